The van der Waals surface area contributed by atoms with Crippen LogP contribution in [0.4, 0.5) is 22.2 Å². The van der Waals surface area contributed by atoms with Gasteiger partial charge in [-0.3, -0.25) is 5.43 Å². The summed E-state index contributed by atoms with van der Waals surface area (Å²) in [6.07, 6.45) is 1.81. The van der Waals surface area contributed by atoms with Gasteiger partial charge in [0, 0.05) is 22.4 Å². The maximum atomic E-state index is 4.35. The van der Waals surface area contributed by atoms with E-state index in [0.29, 0.717) is 0 Å². The van der Waals surface area contributed by atoms with Gasteiger partial charge in [0.1, 0.15) is 0 Å². The first-order valence-corrected chi connectivity index (χ1v) is 10.7. The largest absolute Gasteiger partial charge is 0.311 e. The van der Waals surface area contributed by atoms with Crippen LogP contribution < -0.4 is 10.3 Å². The van der Waals surface area contributed by atoms with Gasteiger partial charge in [-0.2, -0.15) is 5.10 Å². The van der Waals surface area contributed by atoms with Crippen molar-refractivity contribution in [1.29, 1.82) is 0 Å². The zero-order chi connectivity index (χ0) is 20.9. The van der Waals surface area contributed by atoms with Crippen LogP contribution in [0.1, 0.15) is 22.4 Å². The number of hydrogen-bond donors (Lipinski definition) is 1. The number of hydrogen-bond acceptors (Lipinski definition) is 5. The third kappa shape index (κ3) is 4.75. The van der Waals surface area contributed by atoms with Crippen LogP contribution in [0.2, 0.25) is 0 Å². The molecular weight excluding hydrogens is 388 g/mol. The first-order valence-electron chi connectivity index (χ1n) is 9.83. The van der Waals surface area contributed by atoms with Crippen LogP contribution in [0.5, 0.6) is 0 Å². The smallest absolute Gasteiger partial charge is 0.203 e. The summed E-state index contributed by atoms with van der Waals surface area (Å²) in [7, 11) is 0. The summed E-state index contributed by atoms with van der Waals surface area (Å²) in [5.41, 5.74) is 10.9. The van der Waals surface area contributed by atoms with Crippen molar-refractivity contribution in [2.45, 2.75) is 20.8 Å². The molecule has 0 spiro atoms. The molecule has 1 N–H and O–H groups in total. The lowest BCUT2D eigenvalue weighted by Gasteiger charge is -2.25. The minimum atomic E-state index is 0.797. The van der Waals surface area contributed by atoms with Crippen LogP contribution in [0.25, 0.3) is 0 Å². The zero-order valence-corrected chi connectivity index (χ0v) is 18.1. The molecule has 4 rings (SSSR count). The molecule has 4 aromatic rings. The van der Waals surface area contributed by atoms with Crippen molar-refractivity contribution in [2.75, 3.05) is 10.3 Å². The Morgan fingerprint density at radius 1 is 0.767 bits per heavy atom. The molecule has 0 atom stereocenters. The van der Waals surface area contributed by atoms with Crippen molar-refractivity contribution in [3.63, 3.8) is 0 Å². The van der Waals surface area contributed by atoms with Gasteiger partial charge in [0.25, 0.3) is 0 Å². The summed E-state index contributed by atoms with van der Waals surface area (Å²) in [6, 6.07) is 25.6. The Morgan fingerprint density at radius 3 is 1.73 bits per heavy atom. The first-order chi connectivity index (χ1) is 14.6. The average molecular weight is 413 g/mol. The molecule has 1 aromatic heterocycles. The van der Waals surface area contributed by atoms with Gasteiger partial charge in [0.2, 0.25) is 5.13 Å². The van der Waals surface area contributed by atoms with Gasteiger partial charge in [-0.1, -0.05) is 47.5 Å². The van der Waals surface area contributed by atoms with E-state index in [-0.39, 0.29) is 0 Å². The predicted molar refractivity (Wildman–Crippen MR) is 129 cm³/mol. The van der Waals surface area contributed by atoms with Gasteiger partial charge in [-0.15, -0.1) is 11.3 Å². The van der Waals surface area contributed by atoms with Crippen molar-refractivity contribution in [2.24, 2.45) is 5.10 Å². The second-order valence-electron chi connectivity index (χ2n) is 7.26. The number of nitrogens with one attached hydrogen (secondary N) is 1. The standard InChI is InChI=1S/C25H24N4S/c1-18-4-10-22(11-5-18)29(23-12-6-19(2)7-13-23)24-14-8-21(9-15-24)16-26-28-25-27-20(3)17-30-25/h4-17H,1-3H3,(H,27,28). The number of nitrogens with zero attached hydrogens (tertiary/aromatic N) is 3. The zero-order valence-electron chi connectivity index (χ0n) is 17.3. The molecule has 0 unspecified atom stereocenters. The molecule has 0 bridgehead atoms. The summed E-state index contributed by atoms with van der Waals surface area (Å²) in [4.78, 5) is 6.61. The van der Waals surface area contributed by atoms with E-state index < -0.39 is 0 Å². The topological polar surface area (TPSA) is 40.5 Å². The molecule has 30 heavy (non-hydrogen) atoms. The highest BCUT2D eigenvalue weighted by Crippen LogP contribution is 2.34. The summed E-state index contributed by atoms with van der Waals surface area (Å²) < 4.78 is 0. The molecule has 0 saturated heterocycles. The highest BCUT2D eigenvalue weighted by molar-refractivity contribution is 7.13. The highest BCUT2D eigenvalue weighted by Gasteiger charge is 2.12. The van der Waals surface area contributed by atoms with E-state index in [1.54, 1.807) is 11.3 Å². The van der Waals surface area contributed by atoms with Gasteiger partial charge in [-0.25, -0.2) is 4.98 Å². The van der Waals surface area contributed by atoms with Crippen LogP contribution in [0.3, 0.4) is 0 Å². The van der Waals surface area contributed by atoms with E-state index in [4.69, 9.17) is 0 Å². The third-order valence-corrected chi connectivity index (χ3v) is 5.59. The SMILES string of the molecule is Cc1ccc(N(c2ccc(C)cc2)c2ccc(C=NNc3nc(C)cs3)cc2)cc1. The maximum absolute atomic E-state index is 4.35. The number of rotatable bonds is 6. The summed E-state index contributed by atoms with van der Waals surface area (Å²) in [6.45, 7) is 6.18. The van der Waals surface area contributed by atoms with Crippen molar-refractivity contribution in [3.8, 4) is 0 Å². The fraction of sp³-hybridized carbons (Fsp3) is 0.120. The number of benzene rings is 3. The van der Waals surface area contributed by atoms with Gasteiger partial charge in [-0.05, 0) is 62.7 Å². The first kappa shape index (κ1) is 19.9. The number of anilines is 4. The normalized spacial score (nSPS) is 11.0. The van der Waals surface area contributed by atoms with E-state index in [1.807, 2.05) is 18.5 Å². The van der Waals surface area contributed by atoms with E-state index in [0.717, 1.165) is 33.5 Å². The van der Waals surface area contributed by atoms with Crippen LogP contribution in [-0.4, -0.2) is 11.2 Å². The van der Waals surface area contributed by atoms with E-state index in [1.165, 1.54) is 11.1 Å². The lowest BCUT2D eigenvalue weighted by atomic mass is 10.1. The Bertz CT molecular complexity index is 1080. The molecular formula is C25H24N4S. The van der Waals surface area contributed by atoms with Crippen molar-refractivity contribution in [1.82, 2.24) is 4.98 Å². The number of thiazole rings is 1. The average Bonchev–Trinajstić information content (AvgIpc) is 3.17. The number of aromatic nitrogens is 1. The Kier molecular flexibility index (Phi) is 5.91. The number of aryl methyl sites for hydroxylation is 3. The van der Waals surface area contributed by atoms with Gasteiger partial charge in [0.05, 0.1) is 11.9 Å². The molecule has 0 radical (unpaired) electrons. The molecule has 3 aromatic carbocycles. The fourth-order valence-corrected chi connectivity index (χ4v) is 3.75. The summed E-state index contributed by atoms with van der Waals surface area (Å²) >= 11 is 1.55. The quantitative estimate of drug-likeness (QED) is 0.274. The molecule has 0 fully saturated rings. The molecule has 0 aliphatic rings. The molecule has 150 valence electrons. The predicted octanol–water partition coefficient (Wildman–Crippen LogP) is 6.98. The third-order valence-electron chi connectivity index (χ3n) is 4.73. The summed E-state index contributed by atoms with van der Waals surface area (Å²) in [5, 5.41) is 7.09. The van der Waals surface area contributed by atoms with E-state index in [9.17, 15) is 0 Å². The molecule has 0 amide bonds. The van der Waals surface area contributed by atoms with Crippen LogP contribution in [-0.2, 0) is 0 Å². The minimum Gasteiger partial charge on any atom is -0.311 e. The molecule has 4 nitrogen and oxygen atoms in total. The summed E-state index contributed by atoms with van der Waals surface area (Å²) in [5.74, 6) is 0. The van der Waals surface area contributed by atoms with E-state index >= 15 is 0 Å². The molecule has 0 aliphatic heterocycles. The lowest BCUT2D eigenvalue weighted by Crippen LogP contribution is -2.10. The van der Waals surface area contributed by atoms with Crippen molar-refractivity contribution >= 4 is 39.7 Å². The second kappa shape index (κ2) is 8.93. The molecule has 0 aliphatic carbocycles. The Balaban J connectivity index is 1.59. The van der Waals surface area contributed by atoms with Crippen molar-refractivity contribution in [3.05, 3.63) is 101 Å². The molecule has 1 heterocycles. The Labute approximate surface area is 181 Å². The monoisotopic (exact) mass is 412 g/mol. The van der Waals surface area contributed by atoms with Gasteiger partial charge in [0.15, 0.2) is 0 Å². The van der Waals surface area contributed by atoms with Gasteiger partial charge >= 0.3 is 0 Å². The number of hydrazone groups is 1. The fourth-order valence-electron chi connectivity index (χ4n) is 3.11. The van der Waals surface area contributed by atoms with Crippen molar-refractivity contribution < 1.29 is 0 Å². The molecule has 5 heteroatoms. The highest BCUT2D eigenvalue weighted by atomic mass is 32.1. The van der Waals surface area contributed by atoms with E-state index in [2.05, 4.69) is 107 Å². The van der Waals surface area contributed by atoms with Gasteiger partial charge < -0.3 is 4.90 Å². The van der Waals surface area contributed by atoms with Crippen LogP contribution in [0, 0.1) is 20.8 Å². The Hall–Kier alpha value is -3.44. The lowest BCUT2D eigenvalue weighted by molar-refractivity contribution is 1.22. The minimum absolute atomic E-state index is 0.797. The maximum Gasteiger partial charge on any atom is 0.203 e. The second-order valence-corrected chi connectivity index (χ2v) is 8.12. The van der Waals surface area contributed by atoms with Crippen LogP contribution in [0.15, 0.2) is 83.3 Å². The molecule has 0 saturated carbocycles. The Morgan fingerprint density at radius 2 is 1.27 bits per heavy atom. The van der Waals surface area contributed by atoms with Crippen LogP contribution >= 0.6 is 11.3 Å².